The molecule has 2 unspecified atom stereocenters. The number of carbonyl (C=O) groups excluding carboxylic acids is 1. The Balaban J connectivity index is 1.69. The van der Waals surface area contributed by atoms with Gasteiger partial charge in [-0.3, -0.25) is 4.90 Å². The molecule has 19 heavy (non-hydrogen) atoms. The van der Waals surface area contributed by atoms with Crippen LogP contribution in [0.4, 0.5) is 4.79 Å². The molecule has 0 aromatic rings. The maximum Gasteiger partial charge on any atom is 0.326 e. The molecule has 0 spiro atoms. The average molecular weight is 269 g/mol. The lowest BCUT2D eigenvalue weighted by molar-refractivity contribution is -0.139. The van der Waals surface area contributed by atoms with Crippen molar-refractivity contribution in [1.29, 1.82) is 0 Å². The van der Waals surface area contributed by atoms with Gasteiger partial charge in [-0.15, -0.1) is 0 Å². The van der Waals surface area contributed by atoms with Crippen LogP contribution in [0.2, 0.25) is 0 Å². The summed E-state index contributed by atoms with van der Waals surface area (Å²) in [5.41, 5.74) is 0. The van der Waals surface area contributed by atoms with Gasteiger partial charge in [0.15, 0.2) is 0 Å². The van der Waals surface area contributed by atoms with Crippen molar-refractivity contribution in [2.45, 2.75) is 50.7 Å². The smallest absolute Gasteiger partial charge is 0.326 e. The predicted octanol–water partition coefficient (Wildman–Crippen LogP) is 0.632. The van der Waals surface area contributed by atoms with Crippen LogP contribution < -0.4 is 10.6 Å². The normalized spacial score (nSPS) is 21.8. The summed E-state index contributed by atoms with van der Waals surface area (Å²) < 4.78 is 0. The van der Waals surface area contributed by atoms with Crippen LogP contribution in [0.3, 0.4) is 0 Å². The van der Waals surface area contributed by atoms with Gasteiger partial charge in [-0.2, -0.15) is 0 Å². The number of aliphatic carboxylic acids is 1. The van der Waals surface area contributed by atoms with E-state index in [0.29, 0.717) is 12.6 Å². The third-order valence-electron chi connectivity index (χ3n) is 4.02. The second-order valence-electron chi connectivity index (χ2n) is 5.75. The Morgan fingerprint density at radius 2 is 1.95 bits per heavy atom. The van der Waals surface area contributed by atoms with E-state index in [-0.39, 0.29) is 18.0 Å². The summed E-state index contributed by atoms with van der Waals surface area (Å²) in [6.45, 7) is 2.60. The molecule has 0 radical (unpaired) electrons. The van der Waals surface area contributed by atoms with Crippen LogP contribution in [-0.4, -0.2) is 53.7 Å². The first kappa shape index (κ1) is 14.1. The van der Waals surface area contributed by atoms with E-state index in [2.05, 4.69) is 29.5 Å². The highest BCUT2D eigenvalue weighted by Crippen LogP contribution is 2.32. The summed E-state index contributed by atoms with van der Waals surface area (Å²) >= 11 is 0. The summed E-state index contributed by atoms with van der Waals surface area (Å²) in [5.74, 6) is -0.837. The predicted molar refractivity (Wildman–Crippen MR) is 70.9 cm³/mol. The highest BCUT2D eigenvalue weighted by atomic mass is 16.4. The molecule has 2 aliphatic carbocycles. The van der Waals surface area contributed by atoms with E-state index in [0.717, 1.165) is 12.8 Å². The SMILES string of the molecule is CC(CNC(=O)NC(C(=O)O)C1CC1)N(C)C1CC1. The fourth-order valence-corrected chi connectivity index (χ4v) is 2.23. The molecule has 2 amide bonds. The van der Waals surface area contributed by atoms with Crippen molar-refractivity contribution in [3.8, 4) is 0 Å². The molecule has 2 atom stereocenters. The monoisotopic (exact) mass is 269 g/mol. The van der Waals surface area contributed by atoms with E-state index in [1.807, 2.05) is 0 Å². The molecule has 2 rings (SSSR count). The molecule has 2 saturated carbocycles. The number of likely N-dealkylation sites (N-methyl/N-ethyl adjacent to an activating group) is 1. The van der Waals surface area contributed by atoms with Crippen LogP contribution in [-0.2, 0) is 4.79 Å². The zero-order valence-corrected chi connectivity index (χ0v) is 11.6. The first-order valence-electron chi connectivity index (χ1n) is 6.98. The van der Waals surface area contributed by atoms with Gasteiger partial charge in [-0.1, -0.05) is 0 Å². The molecule has 108 valence electrons. The molecule has 0 heterocycles. The third kappa shape index (κ3) is 4.09. The largest absolute Gasteiger partial charge is 0.480 e. The highest BCUT2D eigenvalue weighted by Gasteiger charge is 2.37. The number of urea groups is 1. The molecule has 0 aliphatic heterocycles. The molecule has 0 aromatic carbocycles. The standard InChI is InChI=1S/C13H23N3O3/c1-8(16(2)10-5-6-10)7-14-13(19)15-11(12(17)18)9-3-4-9/h8-11H,3-7H2,1-2H3,(H,17,18)(H2,14,15,19). The number of carboxylic acid groups (broad SMARTS) is 1. The number of hydrogen-bond acceptors (Lipinski definition) is 3. The Labute approximate surface area is 113 Å². The number of hydrogen-bond donors (Lipinski definition) is 3. The van der Waals surface area contributed by atoms with Crippen LogP contribution in [0.15, 0.2) is 0 Å². The maximum atomic E-state index is 11.7. The van der Waals surface area contributed by atoms with Gasteiger partial charge >= 0.3 is 12.0 Å². The van der Waals surface area contributed by atoms with E-state index in [1.165, 1.54) is 12.8 Å². The first-order valence-corrected chi connectivity index (χ1v) is 6.98. The van der Waals surface area contributed by atoms with Crippen molar-refractivity contribution in [2.24, 2.45) is 5.92 Å². The first-order chi connectivity index (χ1) is 8.99. The lowest BCUT2D eigenvalue weighted by Gasteiger charge is -2.25. The zero-order chi connectivity index (χ0) is 14.0. The van der Waals surface area contributed by atoms with Gasteiger partial charge < -0.3 is 15.7 Å². The van der Waals surface area contributed by atoms with Gasteiger partial charge in [0, 0.05) is 18.6 Å². The Morgan fingerprint density at radius 3 is 2.42 bits per heavy atom. The lowest BCUT2D eigenvalue weighted by atomic mass is 10.2. The van der Waals surface area contributed by atoms with Crippen molar-refractivity contribution in [3.05, 3.63) is 0 Å². The molecular formula is C13H23N3O3. The number of carboxylic acids is 1. The Morgan fingerprint density at radius 1 is 1.32 bits per heavy atom. The van der Waals surface area contributed by atoms with Crippen molar-refractivity contribution in [1.82, 2.24) is 15.5 Å². The Hall–Kier alpha value is -1.30. The minimum Gasteiger partial charge on any atom is -0.480 e. The molecule has 6 heteroatoms. The molecule has 6 nitrogen and oxygen atoms in total. The highest BCUT2D eigenvalue weighted by molar-refractivity contribution is 5.83. The zero-order valence-electron chi connectivity index (χ0n) is 11.6. The molecule has 2 aliphatic rings. The molecular weight excluding hydrogens is 246 g/mol. The van der Waals surface area contributed by atoms with Gasteiger partial charge in [0.2, 0.25) is 0 Å². The van der Waals surface area contributed by atoms with Gasteiger partial charge in [0.1, 0.15) is 6.04 Å². The number of carbonyl (C=O) groups is 2. The van der Waals surface area contributed by atoms with E-state index >= 15 is 0 Å². The van der Waals surface area contributed by atoms with E-state index in [1.54, 1.807) is 0 Å². The number of nitrogens with zero attached hydrogens (tertiary/aromatic N) is 1. The maximum absolute atomic E-state index is 11.7. The second kappa shape index (κ2) is 5.77. The van der Waals surface area contributed by atoms with Gasteiger partial charge in [0.25, 0.3) is 0 Å². The van der Waals surface area contributed by atoms with Crippen molar-refractivity contribution < 1.29 is 14.7 Å². The third-order valence-corrected chi connectivity index (χ3v) is 4.02. The second-order valence-corrected chi connectivity index (χ2v) is 5.75. The van der Waals surface area contributed by atoms with Gasteiger partial charge in [-0.05, 0) is 45.6 Å². The van der Waals surface area contributed by atoms with Gasteiger partial charge in [0.05, 0.1) is 0 Å². The minimum absolute atomic E-state index is 0.106. The quantitative estimate of drug-likeness (QED) is 0.633. The van der Waals surface area contributed by atoms with E-state index in [9.17, 15) is 9.59 Å². The van der Waals surface area contributed by atoms with Crippen LogP contribution >= 0.6 is 0 Å². The van der Waals surface area contributed by atoms with E-state index < -0.39 is 12.0 Å². The van der Waals surface area contributed by atoms with Crippen LogP contribution in [0.5, 0.6) is 0 Å². The molecule has 0 bridgehead atoms. The van der Waals surface area contributed by atoms with Gasteiger partial charge in [-0.25, -0.2) is 9.59 Å². The van der Waals surface area contributed by atoms with Crippen LogP contribution in [0, 0.1) is 5.92 Å². The molecule has 2 fully saturated rings. The van der Waals surface area contributed by atoms with Crippen LogP contribution in [0.25, 0.3) is 0 Å². The van der Waals surface area contributed by atoms with Crippen molar-refractivity contribution in [2.75, 3.05) is 13.6 Å². The number of nitrogens with one attached hydrogen (secondary N) is 2. The topological polar surface area (TPSA) is 81.7 Å². The molecule has 0 saturated heterocycles. The summed E-state index contributed by atoms with van der Waals surface area (Å²) in [5, 5.41) is 14.3. The summed E-state index contributed by atoms with van der Waals surface area (Å²) in [7, 11) is 2.06. The Kier molecular flexibility index (Phi) is 4.29. The molecule has 3 N–H and O–H groups in total. The minimum atomic E-state index is -0.944. The molecule has 0 aromatic heterocycles. The van der Waals surface area contributed by atoms with Crippen molar-refractivity contribution in [3.63, 3.8) is 0 Å². The van der Waals surface area contributed by atoms with Crippen LogP contribution in [0.1, 0.15) is 32.6 Å². The average Bonchev–Trinajstić information content (AvgIpc) is 3.23. The van der Waals surface area contributed by atoms with E-state index in [4.69, 9.17) is 5.11 Å². The number of amides is 2. The fourth-order valence-electron chi connectivity index (χ4n) is 2.23. The lowest BCUT2D eigenvalue weighted by Crippen LogP contribution is -2.50. The Bertz CT molecular complexity index is 353. The number of rotatable bonds is 7. The van der Waals surface area contributed by atoms with Crippen molar-refractivity contribution >= 4 is 12.0 Å². The fraction of sp³-hybridized carbons (Fsp3) is 0.846. The summed E-state index contributed by atoms with van der Waals surface area (Å²) in [6, 6.07) is -0.202. The summed E-state index contributed by atoms with van der Waals surface area (Å²) in [6.07, 6.45) is 4.24. The summed E-state index contributed by atoms with van der Waals surface area (Å²) in [4.78, 5) is 25.0.